The molecular formula is C12H11BrN2O3S. The zero-order valence-electron chi connectivity index (χ0n) is 10.0. The molecule has 19 heavy (non-hydrogen) atoms. The van der Waals surface area contributed by atoms with Gasteiger partial charge in [-0.2, -0.15) is 5.10 Å². The predicted molar refractivity (Wildman–Crippen MR) is 74.4 cm³/mol. The molecule has 5 nitrogen and oxygen atoms in total. The lowest BCUT2D eigenvalue weighted by Crippen LogP contribution is -2.08. The molecule has 0 saturated carbocycles. The van der Waals surface area contributed by atoms with Gasteiger partial charge in [0.1, 0.15) is 5.56 Å². The van der Waals surface area contributed by atoms with Gasteiger partial charge in [-0.05, 0) is 28.1 Å². The summed E-state index contributed by atoms with van der Waals surface area (Å²) in [5, 5.41) is 13.0. The summed E-state index contributed by atoms with van der Waals surface area (Å²) in [7, 11) is 0.305. The Hall–Kier alpha value is -1.47. The van der Waals surface area contributed by atoms with Gasteiger partial charge < -0.3 is 5.11 Å². The number of aromatic carboxylic acids is 1. The molecule has 1 atom stereocenters. The van der Waals surface area contributed by atoms with Gasteiger partial charge in [-0.3, -0.25) is 8.89 Å². The average molecular weight is 343 g/mol. The van der Waals surface area contributed by atoms with Crippen LogP contribution in [0.4, 0.5) is 0 Å². The van der Waals surface area contributed by atoms with Crippen LogP contribution in [0.15, 0.2) is 39.8 Å². The number of aryl methyl sites for hydroxylation is 1. The molecule has 2 rings (SSSR count). The molecule has 0 saturated heterocycles. The summed E-state index contributed by atoms with van der Waals surface area (Å²) in [5.41, 5.74) is 0.532. The molecular weight excluding hydrogens is 332 g/mol. The van der Waals surface area contributed by atoms with Gasteiger partial charge in [0.05, 0.1) is 33.3 Å². The first-order valence-electron chi connectivity index (χ1n) is 5.37. The van der Waals surface area contributed by atoms with Crippen LogP contribution >= 0.6 is 15.9 Å². The van der Waals surface area contributed by atoms with E-state index in [4.69, 9.17) is 5.11 Å². The first-order valence-corrected chi connectivity index (χ1v) is 7.49. The second-order valence-electron chi connectivity index (χ2n) is 3.85. The molecule has 0 spiro atoms. The third-order valence-electron chi connectivity index (χ3n) is 2.64. The van der Waals surface area contributed by atoms with E-state index in [1.165, 1.54) is 10.9 Å². The SMILES string of the molecule is Cn1ncc(C(=O)O)c1CS(=O)c1ccccc1Br. The summed E-state index contributed by atoms with van der Waals surface area (Å²) >= 11 is 3.34. The van der Waals surface area contributed by atoms with Crippen molar-refractivity contribution in [3.63, 3.8) is 0 Å². The van der Waals surface area contributed by atoms with Crippen LogP contribution in [-0.2, 0) is 23.6 Å². The minimum atomic E-state index is -1.33. The Morgan fingerprint density at radius 3 is 2.79 bits per heavy atom. The number of carboxylic acid groups (broad SMARTS) is 1. The monoisotopic (exact) mass is 342 g/mol. The standard InChI is InChI=1S/C12H11BrN2O3S/c1-15-10(8(6-14-15)12(16)17)7-19(18)11-5-3-2-4-9(11)13/h2-6H,7H2,1H3,(H,16,17). The smallest absolute Gasteiger partial charge is 0.339 e. The third kappa shape index (κ3) is 2.93. The van der Waals surface area contributed by atoms with Crippen molar-refractivity contribution in [2.45, 2.75) is 10.6 Å². The highest BCUT2D eigenvalue weighted by Gasteiger charge is 2.18. The maximum Gasteiger partial charge on any atom is 0.339 e. The number of benzene rings is 1. The summed E-state index contributed by atoms with van der Waals surface area (Å²) in [6.07, 6.45) is 1.27. The Bertz CT molecular complexity index is 654. The maximum atomic E-state index is 12.3. The number of aromatic nitrogens is 2. The molecule has 1 aromatic carbocycles. The van der Waals surface area contributed by atoms with Gasteiger partial charge in [0.2, 0.25) is 0 Å². The van der Waals surface area contributed by atoms with Gasteiger partial charge in [0, 0.05) is 11.5 Å². The molecule has 0 fully saturated rings. The molecule has 0 radical (unpaired) electrons. The summed E-state index contributed by atoms with van der Waals surface area (Å²) in [6.45, 7) is 0. The molecule has 0 aliphatic rings. The lowest BCUT2D eigenvalue weighted by Gasteiger charge is -2.06. The van der Waals surface area contributed by atoms with Gasteiger partial charge in [0.15, 0.2) is 0 Å². The normalized spacial score (nSPS) is 12.3. The van der Waals surface area contributed by atoms with Crippen LogP contribution in [0.5, 0.6) is 0 Å². The molecule has 1 aromatic heterocycles. The van der Waals surface area contributed by atoms with Crippen LogP contribution in [0, 0.1) is 0 Å². The van der Waals surface area contributed by atoms with E-state index in [0.717, 1.165) is 4.47 Å². The Balaban J connectivity index is 2.32. The number of halogens is 1. The van der Waals surface area contributed by atoms with E-state index >= 15 is 0 Å². The summed E-state index contributed by atoms with van der Waals surface area (Å²) in [4.78, 5) is 11.7. The van der Waals surface area contributed by atoms with Crippen molar-refractivity contribution in [2.24, 2.45) is 7.05 Å². The molecule has 0 aliphatic heterocycles. The Kier molecular flexibility index (Phi) is 4.16. The number of hydrogen-bond donors (Lipinski definition) is 1. The average Bonchev–Trinajstić information content (AvgIpc) is 2.71. The van der Waals surface area contributed by atoms with Crippen LogP contribution in [0.3, 0.4) is 0 Å². The summed E-state index contributed by atoms with van der Waals surface area (Å²) < 4.78 is 14.5. The lowest BCUT2D eigenvalue weighted by atomic mass is 10.3. The van der Waals surface area contributed by atoms with Crippen LogP contribution in [0.1, 0.15) is 16.1 Å². The molecule has 1 unspecified atom stereocenters. The fraction of sp³-hybridized carbons (Fsp3) is 0.167. The first-order chi connectivity index (χ1) is 9.00. The van der Waals surface area contributed by atoms with Crippen molar-refractivity contribution >= 4 is 32.7 Å². The largest absolute Gasteiger partial charge is 0.478 e. The number of hydrogen-bond acceptors (Lipinski definition) is 3. The van der Waals surface area contributed by atoms with E-state index in [0.29, 0.717) is 10.6 Å². The fourth-order valence-electron chi connectivity index (χ4n) is 1.64. The molecule has 0 aliphatic carbocycles. The van der Waals surface area contributed by atoms with E-state index in [1.807, 2.05) is 6.07 Å². The fourth-order valence-corrected chi connectivity index (χ4v) is 3.73. The first kappa shape index (κ1) is 14.0. The van der Waals surface area contributed by atoms with E-state index in [1.54, 1.807) is 25.2 Å². The molecule has 2 aromatic rings. The molecule has 0 amide bonds. The summed E-state index contributed by atoms with van der Waals surface area (Å²) in [6, 6.07) is 7.17. The number of nitrogens with zero attached hydrogens (tertiary/aromatic N) is 2. The van der Waals surface area contributed by atoms with Crippen LogP contribution in [0.2, 0.25) is 0 Å². The van der Waals surface area contributed by atoms with Gasteiger partial charge >= 0.3 is 5.97 Å². The summed E-state index contributed by atoms with van der Waals surface area (Å²) in [5.74, 6) is -0.951. The molecule has 1 heterocycles. The topological polar surface area (TPSA) is 72.2 Å². The number of rotatable bonds is 4. The van der Waals surface area contributed by atoms with Crippen molar-refractivity contribution in [2.75, 3.05) is 0 Å². The van der Waals surface area contributed by atoms with Gasteiger partial charge in [0.25, 0.3) is 0 Å². The lowest BCUT2D eigenvalue weighted by molar-refractivity contribution is 0.0696. The second-order valence-corrected chi connectivity index (χ2v) is 6.13. The molecule has 100 valence electrons. The number of carbonyl (C=O) groups is 1. The van der Waals surface area contributed by atoms with Crippen LogP contribution in [-0.4, -0.2) is 25.1 Å². The zero-order chi connectivity index (χ0) is 14.0. The zero-order valence-corrected chi connectivity index (χ0v) is 12.4. The van der Waals surface area contributed by atoms with Gasteiger partial charge in [-0.25, -0.2) is 4.79 Å². The second kappa shape index (κ2) is 5.66. The van der Waals surface area contributed by atoms with Crippen molar-refractivity contribution in [3.8, 4) is 0 Å². The van der Waals surface area contributed by atoms with Gasteiger partial charge in [-0.1, -0.05) is 12.1 Å². The Morgan fingerprint density at radius 2 is 2.16 bits per heavy atom. The van der Waals surface area contributed by atoms with E-state index in [-0.39, 0.29) is 11.3 Å². The minimum Gasteiger partial charge on any atom is -0.478 e. The third-order valence-corrected chi connectivity index (χ3v) is 4.98. The quantitative estimate of drug-likeness (QED) is 0.924. The molecule has 7 heteroatoms. The maximum absolute atomic E-state index is 12.3. The predicted octanol–water partition coefficient (Wildman–Crippen LogP) is 2.19. The highest BCUT2D eigenvalue weighted by Crippen LogP contribution is 2.22. The van der Waals surface area contributed by atoms with E-state index in [9.17, 15) is 9.00 Å². The highest BCUT2D eigenvalue weighted by atomic mass is 79.9. The van der Waals surface area contributed by atoms with Crippen LogP contribution < -0.4 is 0 Å². The van der Waals surface area contributed by atoms with E-state index < -0.39 is 16.8 Å². The van der Waals surface area contributed by atoms with Crippen molar-refractivity contribution in [1.29, 1.82) is 0 Å². The minimum absolute atomic E-state index is 0.0860. The van der Waals surface area contributed by atoms with Crippen molar-refractivity contribution < 1.29 is 14.1 Å². The Morgan fingerprint density at radius 1 is 1.47 bits per heavy atom. The Labute approximate surface area is 120 Å². The number of carboxylic acids is 1. The molecule has 1 N–H and O–H groups in total. The van der Waals surface area contributed by atoms with E-state index in [2.05, 4.69) is 21.0 Å². The van der Waals surface area contributed by atoms with Crippen molar-refractivity contribution in [1.82, 2.24) is 9.78 Å². The van der Waals surface area contributed by atoms with Gasteiger partial charge in [-0.15, -0.1) is 0 Å². The van der Waals surface area contributed by atoms with Crippen molar-refractivity contribution in [3.05, 3.63) is 46.2 Å². The highest BCUT2D eigenvalue weighted by molar-refractivity contribution is 9.10. The van der Waals surface area contributed by atoms with Crippen LogP contribution in [0.25, 0.3) is 0 Å². The molecule has 0 bridgehead atoms.